The zero-order valence-electron chi connectivity index (χ0n) is 8.21. The Kier molecular flexibility index (Phi) is 5.53. The molecule has 0 amide bonds. The number of aliphatic hydroxyl groups is 1. The van der Waals surface area contributed by atoms with Gasteiger partial charge in [0.15, 0.2) is 0 Å². The largest absolute Gasteiger partial charge is 0.387 e. The minimum Gasteiger partial charge on any atom is -0.387 e. The van der Waals surface area contributed by atoms with E-state index in [4.69, 9.17) is 0 Å². The third-order valence-corrected chi connectivity index (χ3v) is 2.66. The van der Waals surface area contributed by atoms with Crippen molar-refractivity contribution < 1.29 is 5.11 Å². The molecule has 0 radical (unpaired) electrons. The molecule has 15 heavy (non-hydrogen) atoms. The molecule has 0 heterocycles. The maximum Gasteiger partial charge on any atom is 0.0914 e. The van der Waals surface area contributed by atoms with Gasteiger partial charge in [-0.25, -0.2) is 0 Å². The van der Waals surface area contributed by atoms with Crippen molar-refractivity contribution in [1.82, 2.24) is 5.32 Å². The molecule has 2 nitrogen and oxygen atoms in total. The van der Waals surface area contributed by atoms with Gasteiger partial charge in [-0.15, -0.1) is 0 Å². The topological polar surface area (TPSA) is 32.3 Å². The van der Waals surface area contributed by atoms with Crippen molar-refractivity contribution in [2.24, 2.45) is 0 Å². The molecule has 0 aliphatic heterocycles. The molecule has 0 saturated heterocycles. The van der Waals surface area contributed by atoms with Crippen LogP contribution in [0.1, 0.15) is 11.7 Å². The number of hydrogen-bond acceptors (Lipinski definition) is 2. The molecule has 0 bridgehead atoms. The molecule has 0 fully saturated rings. The third-order valence-electron chi connectivity index (χ3n) is 1.89. The Bertz CT molecular complexity index is 341. The summed E-state index contributed by atoms with van der Waals surface area (Å²) in [5.41, 5.74) is 0.900. The SMILES string of the molecule is C=C(Br)CNCC(O)c1cccc(Br)c1. The summed E-state index contributed by atoms with van der Waals surface area (Å²) >= 11 is 6.61. The minimum atomic E-state index is -0.491. The number of halogens is 2. The van der Waals surface area contributed by atoms with Crippen molar-refractivity contribution in [3.63, 3.8) is 0 Å². The van der Waals surface area contributed by atoms with Gasteiger partial charge in [-0.05, 0) is 17.7 Å². The molecule has 1 aromatic carbocycles. The molecule has 0 spiro atoms. The molecule has 1 rings (SSSR count). The molecule has 1 atom stereocenters. The second kappa shape index (κ2) is 6.43. The first-order chi connectivity index (χ1) is 7.09. The molecule has 1 aromatic rings. The zero-order chi connectivity index (χ0) is 11.3. The summed E-state index contributed by atoms with van der Waals surface area (Å²) in [5, 5.41) is 12.9. The van der Waals surface area contributed by atoms with Crippen molar-refractivity contribution in [2.75, 3.05) is 13.1 Å². The van der Waals surface area contributed by atoms with Crippen molar-refractivity contribution in [3.05, 3.63) is 45.4 Å². The molecular formula is C11H13Br2NO. The molecule has 0 saturated carbocycles. The number of rotatable bonds is 5. The quantitative estimate of drug-likeness (QED) is 0.867. The lowest BCUT2D eigenvalue weighted by atomic mass is 10.1. The highest BCUT2D eigenvalue weighted by molar-refractivity contribution is 9.11. The highest BCUT2D eigenvalue weighted by atomic mass is 79.9. The fourth-order valence-corrected chi connectivity index (χ4v) is 1.79. The van der Waals surface area contributed by atoms with Crippen molar-refractivity contribution >= 4 is 31.9 Å². The van der Waals surface area contributed by atoms with E-state index in [9.17, 15) is 5.11 Å². The Morgan fingerprint density at radius 2 is 2.27 bits per heavy atom. The van der Waals surface area contributed by atoms with Crippen LogP contribution in [0.25, 0.3) is 0 Å². The van der Waals surface area contributed by atoms with Gasteiger partial charge < -0.3 is 10.4 Å². The van der Waals surface area contributed by atoms with E-state index in [0.717, 1.165) is 14.5 Å². The maximum atomic E-state index is 9.83. The van der Waals surface area contributed by atoms with Gasteiger partial charge in [0, 0.05) is 22.0 Å². The molecular weight excluding hydrogens is 322 g/mol. The van der Waals surface area contributed by atoms with Crippen LogP contribution < -0.4 is 5.32 Å². The Hall–Kier alpha value is -0.160. The molecule has 82 valence electrons. The fourth-order valence-electron chi connectivity index (χ4n) is 1.18. The first-order valence-corrected chi connectivity index (χ1v) is 6.15. The molecule has 0 aromatic heterocycles. The van der Waals surface area contributed by atoms with E-state index >= 15 is 0 Å². The van der Waals surface area contributed by atoms with Gasteiger partial charge in [0.05, 0.1) is 6.10 Å². The Morgan fingerprint density at radius 1 is 1.53 bits per heavy atom. The first kappa shape index (κ1) is 12.9. The highest BCUT2D eigenvalue weighted by Crippen LogP contribution is 2.17. The van der Waals surface area contributed by atoms with Crippen LogP contribution in [0.3, 0.4) is 0 Å². The Morgan fingerprint density at radius 3 is 2.87 bits per heavy atom. The van der Waals surface area contributed by atoms with E-state index in [1.54, 1.807) is 0 Å². The van der Waals surface area contributed by atoms with Crippen LogP contribution in [0.15, 0.2) is 39.8 Å². The van der Waals surface area contributed by atoms with Crippen LogP contribution in [0.5, 0.6) is 0 Å². The minimum absolute atomic E-state index is 0.491. The van der Waals surface area contributed by atoms with Crippen LogP contribution in [-0.2, 0) is 0 Å². The van der Waals surface area contributed by atoms with Gasteiger partial charge in [0.25, 0.3) is 0 Å². The summed E-state index contributed by atoms with van der Waals surface area (Å²) in [4.78, 5) is 0. The summed E-state index contributed by atoms with van der Waals surface area (Å²) in [6, 6.07) is 7.66. The number of benzene rings is 1. The predicted molar refractivity (Wildman–Crippen MR) is 70.0 cm³/mol. The average molecular weight is 335 g/mol. The van der Waals surface area contributed by atoms with Crippen LogP contribution in [-0.4, -0.2) is 18.2 Å². The third kappa shape index (κ3) is 4.93. The van der Waals surface area contributed by atoms with Crippen molar-refractivity contribution in [3.8, 4) is 0 Å². The molecule has 2 N–H and O–H groups in total. The maximum absolute atomic E-state index is 9.83. The van der Waals surface area contributed by atoms with Crippen LogP contribution in [0.2, 0.25) is 0 Å². The smallest absolute Gasteiger partial charge is 0.0914 e. The molecule has 1 unspecified atom stereocenters. The van der Waals surface area contributed by atoms with E-state index in [-0.39, 0.29) is 0 Å². The van der Waals surface area contributed by atoms with Crippen LogP contribution in [0, 0.1) is 0 Å². The van der Waals surface area contributed by atoms with Crippen molar-refractivity contribution in [2.45, 2.75) is 6.10 Å². The first-order valence-electron chi connectivity index (χ1n) is 4.57. The second-order valence-corrected chi connectivity index (χ2v) is 5.26. The summed E-state index contributed by atoms with van der Waals surface area (Å²) in [6.07, 6.45) is -0.491. The normalized spacial score (nSPS) is 12.5. The van der Waals surface area contributed by atoms with Gasteiger partial charge in [0.2, 0.25) is 0 Å². The van der Waals surface area contributed by atoms with Gasteiger partial charge in [-0.2, -0.15) is 0 Å². The summed E-state index contributed by atoms with van der Waals surface area (Å²) in [5.74, 6) is 0. The summed E-state index contributed by atoms with van der Waals surface area (Å²) in [7, 11) is 0. The van der Waals surface area contributed by atoms with E-state index < -0.39 is 6.10 Å². The number of nitrogens with one attached hydrogen (secondary N) is 1. The van der Waals surface area contributed by atoms with Crippen molar-refractivity contribution in [1.29, 1.82) is 0 Å². The van der Waals surface area contributed by atoms with Gasteiger partial charge in [0.1, 0.15) is 0 Å². The van der Waals surface area contributed by atoms with E-state index in [1.165, 1.54) is 0 Å². The standard InChI is InChI=1S/C11H13Br2NO/c1-8(12)6-14-7-11(15)9-3-2-4-10(13)5-9/h2-5,11,14-15H,1,6-7H2. The van der Waals surface area contributed by atoms with E-state index in [2.05, 4.69) is 43.8 Å². The Balaban J connectivity index is 2.46. The fraction of sp³-hybridized carbons (Fsp3) is 0.273. The summed E-state index contributed by atoms with van der Waals surface area (Å²) < 4.78 is 1.85. The van der Waals surface area contributed by atoms with Gasteiger partial charge in [-0.1, -0.05) is 50.6 Å². The monoisotopic (exact) mass is 333 g/mol. The van der Waals surface area contributed by atoms with Gasteiger partial charge in [-0.3, -0.25) is 0 Å². The highest BCUT2D eigenvalue weighted by Gasteiger charge is 2.06. The summed E-state index contributed by atoms with van der Waals surface area (Å²) in [6.45, 7) is 4.88. The number of hydrogen-bond donors (Lipinski definition) is 2. The average Bonchev–Trinajstić information content (AvgIpc) is 2.17. The predicted octanol–water partition coefficient (Wildman–Crippen LogP) is 2.98. The molecule has 0 aliphatic carbocycles. The lowest BCUT2D eigenvalue weighted by molar-refractivity contribution is 0.176. The zero-order valence-corrected chi connectivity index (χ0v) is 11.4. The van der Waals surface area contributed by atoms with Gasteiger partial charge >= 0.3 is 0 Å². The van der Waals surface area contributed by atoms with Crippen LogP contribution in [0.4, 0.5) is 0 Å². The second-order valence-electron chi connectivity index (χ2n) is 3.22. The number of aliphatic hydroxyl groups excluding tert-OH is 1. The van der Waals surface area contributed by atoms with E-state index in [0.29, 0.717) is 13.1 Å². The Labute approximate surface area is 107 Å². The van der Waals surface area contributed by atoms with Crippen LogP contribution >= 0.6 is 31.9 Å². The van der Waals surface area contributed by atoms with E-state index in [1.807, 2.05) is 24.3 Å². The lowest BCUT2D eigenvalue weighted by Gasteiger charge is -2.12. The molecule has 4 heteroatoms. The molecule has 0 aliphatic rings. The lowest BCUT2D eigenvalue weighted by Crippen LogP contribution is -2.22.